The highest BCUT2D eigenvalue weighted by molar-refractivity contribution is 5.90. The van der Waals surface area contributed by atoms with Gasteiger partial charge in [0.05, 0.1) is 5.92 Å². The molecular formula is C21H23NO3. The Morgan fingerprint density at radius 1 is 1.00 bits per heavy atom. The van der Waals surface area contributed by atoms with Crippen LogP contribution in [0.25, 0.3) is 0 Å². The van der Waals surface area contributed by atoms with Gasteiger partial charge < -0.3 is 10.4 Å². The first kappa shape index (κ1) is 18.5. The van der Waals surface area contributed by atoms with Crippen LogP contribution in [0, 0.1) is 0 Å². The molecule has 1 amide bonds. The minimum absolute atomic E-state index is 0.302. The zero-order valence-electron chi connectivity index (χ0n) is 14.1. The molecule has 0 unspecified atom stereocenters. The number of amides is 1. The van der Waals surface area contributed by atoms with Crippen LogP contribution in [0.4, 0.5) is 0 Å². The maximum atomic E-state index is 12.9. The molecule has 0 heterocycles. The summed E-state index contributed by atoms with van der Waals surface area (Å²) in [4.78, 5) is 24.4. The Kier molecular flexibility index (Phi) is 6.96. The molecule has 0 aliphatic heterocycles. The van der Waals surface area contributed by atoms with Crippen LogP contribution in [-0.2, 0) is 9.59 Å². The minimum atomic E-state index is -1.02. The van der Waals surface area contributed by atoms with E-state index in [1.54, 1.807) is 6.08 Å². The van der Waals surface area contributed by atoms with Gasteiger partial charge in [-0.3, -0.25) is 4.79 Å². The van der Waals surface area contributed by atoms with Crippen molar-refractivity contribution >= 4 is 11.9 Å². The summed E-state index contributed by atoms with van der Waals surface area (Å²) < 4.78 is 0. The molecule has 130 valence electrons. The number of unbranched alkanes of at least 4 members (excludes halogenated alkanes) is 1. The average Bonchev–Trinajstić information content (AvgIpc) is 2.63. The lowest BCUT2D eigenvalue weighted by Gasteiger charge is -2.21. The third-order valence-corrected chi connectivity index (χ3v) is 4.04. The van der Waals surface area contributed by atoms with Crippen LogP contribution >= 0.6 is 0 Å². The third-order valence-electron chi connectivity index (χ3n) is 4.04. The summed E-state index contributed by atoms with van der Waals surface area (Å²) in [7, 11) is 0. The van der Waals surface area contributed by atoms with E-state index in [1.165, 1.54) is 0 Å². The van der Waals surface area contributed by atoms with Crippen molar-refractivity contribution in [3.8, 4) is 0 Å². The molecule has 0 bridgehead atoms. The second-order valence-corrected chi connectivity index (χ2v) is 5.87. The van der Waals surface area contributed by atoms with E-state index < -0.39 is 17.9 Å². The number of aliphatic carboxylic acids is 1. The van der Waals surface area contributed by atoms with Gasteiger partial charge in [0.15, 0.2) is 0 Å². The van der Waals surface area contributed by atoms with E-state index in [0.717, 1.165) is 17.5 Å². The highest BCUT2D eigenvalue weighted by Gasteiger charge is 2.27. The van der Waals surface area contributed by atoms with Gasteiger partial charge in [0, 0.05) is 0 Å². The Morgan fingerprint density at radius 2 is 1.52 bits per heavy atom. The zero-order chi connectivity index (χ0) is 18.1. The molecule has 2 aromatic rings. The number of nitrogens with one attached hydrogen (secondary N) is 1. The molecule has 2 rings (SSSR count). The van der Waals surface area contributed by atoms with E-state index in [-0.39, 0.29) is 5.91 Å². The summed E-state index contributed by atoms with van der Waals surface area (Å²) in [5.41, 5.74) is 1.67. The van der Waals surface area contributed by atoms with E-state index >= 15 is 0 Å². The Bertz CT molecular complexity index is 658. The molecule has 0 radical (unpaired) electrons. The third kappa shape index (κ3) is 5.31. The average molecular weight is 337 g/mol. The second kappa shape index (κ2) is 9.42. The first-order valence-corrected chi connectivity index (χ1v) is 8.37. The largest absolute Gasteiger partial charge is 0.480 e. The minimum Gasteiger partial charge on any atom is -0.480 e. The van der Waals surface area contributed by atoms with Gasteiger partial charge in [0.2, 0.25) is 5.91 Å². The van der Waals surface area contributed by atoms with Gasteiger partial charge in [-0.05, 0) is 30.4 Å². The molecule has 0 fully saturated rings. The smallest absolute Gasteiger partial charge is 0.326 e. The zero-order valence-corrected chi connectivity index (χ0v) is 14.1. The van der Waals surface area contributed by atoms with Crippen LogP contribution in [0.5, 0.6) is 0 Å². The number of allylic oxidation sites excluding steroid dienone is 1. The number of carboxylic acids is 1. The van der Waals surface area contributed by atoms with Crippen LogP contribution in [0.1, 0.15) is 36.3 Å². The lowest BCUT2D eigenvalue weighted by atomic mass is 9.90. The number of hydrogen-bond donors (Lipinski definition) is 2. The molecule has 4 nitrogen and oxygen atoms in total. The van der Waals surface area contributed by atoms with Gasteiger partial charge in [-0.2, -0.15) is 0 Å². The molecule has 1 atom stereocenters. The molecule has 2 aromatic carbocycles. The van der Waals surface area contributed by atoms with Crippen molar-refractivity contribution in [1.82, 2.24) is 5.32 Å². The fraction of sp³-hybridized carbons (Fsp3) is 0.238. The Labute approximate surface area is 148 Å². The second-order valence-electron chi connectivity index (χ2n) is 5.87. The molecule has 4 heteroatoms. The molecule has 0 spiro atoms. The topological polar surface area (TPSA) is 66.4 Å². The number of rotatable bonds is 9. The van der Waals surface area contributed by atoms with Crippen LogP contribution in [0.2, 0.25) is 0 Å². The summed E-state index contributed by atoms with van der Waals surface area (Å²) in [6.45, 7) is 3.64. The lowest BCUT2D eigenvalue weighted by Crippen LogP contribution is -2.43. The van der Waals surface area contributed by atoms with Crippen molar-refractivity contribution in [2.75, 3.05) is 0 Å². The van der Waals surface area contributed by atoms with E-state index in [2.05, 4.69) is 11.9 Å². The molecular weight excluding hydrogens is 314 g/mol. The first-order valence-electron chi connectivity index (χ1n) is 8.37. The number of carbonyl (C=O) groups is 2. The van der Waals surface area contributed by atoms with Gasteiger partial charge in [-0.15, -0.1) is 6.58 Å². The SMILES string of the molecule is C=CCCC[C@H](NC(=O)C(c1ccccc1)c1ccccc1)C(=O)O. The molecule has 0 aliphatic rings. The number of carboxylic acid groups (broad SMARTS) is 1. The number of carbonyl (C=O) groups excluding carboxylic acids is 1. The van der Waals surface area contributed by atoms with Crippen molar-refractivity contribution < 1.29 is 14.7 Å². The summed E-state index contributed by atoms with van der Waals surface area (Å²) in [5, 5.41) is 12.1. The van der Waals surface area contributed by atoms with Gasteiger partial charge >= 0.3 is 5.97 Å². The van der Waals surface area contributed by atoms with Gasteiger partial charge in [-0.25, -0.2) is 4.79 Å². The monoisotopic (exact) mass is 337 g/mol. The standard InChI is InChI=1S/C21H23NO3/c1-2-3-6-15-18(21(24)25)22-20(23)19(16-11-7-4-8-12-16)17-13-9-5-10-14-17/h2,4-5,7-14,18-19H,1,3,6,15H2,(H,22,23)(H,24,25)/t18-/m0/s1. The summed E-state index contributed by atoms with van der Waals surface area (Å²) in [5.74, 6) is -1.86. The molecule has 2 N–H and O–H groups in total. The van der Waals surface area contributed by atoms with Crippen molar-refractivity contribution in [2.45, 2.75) is 31.2 Å². The van der Waals surface area contributed by atoms with Crippen molar-refractivity contribution in [1.29, 1.82) is 0 Å². The van der Waals surface area contributed by atoms with Crippen molar-refractivity contribution in [3.05, 3.63) is 84.4 Å². The first-order chi connectivity index (χ1) is 12.1. The molecule has 0 aromatic heterocycles. The van der Waals surface area contributed by atoms with E-state index in [9.17, 15) is 14.7 Å². The van der Waals surface area contributed by atoms with Crippen LogP contribution in [-0.4, -0.2) is 23.0 Å². The maximum Gasteiger partial charge on any atom is 0.326 e. The Hall–Kier alpha value is -2.88. The van der Waals surface area contributed by atoms with Crippen molar-refractivity contribution in [3.63, 3.8) is 0 Å². The Balaban J connectivity index is 2.23. The summed E-state index contributed by atoms with van der Waals surface area (Å²) in [6.07, 6.45) is 3.52. The maximum absolute atomic E-state index is 12.9. The number of hydrogen-bond acceptors (Lipinski definition) is 2. The summed E-state index contributed by atoms with van der Waals surface area (Å²) in [6, 6.07) is 17.9. The molecule has 0 saturated heterocycles. The van der Waals surface area contributed by atoms with Crippen LogP contribution < -0.4 is 5.32 Å². The molecule has 0 saturated carbocycles. The van der Waals surface area contributed by atoms with E-state index in [1.807, 2.05) is 60.7 Å². The Morgan fingerprint density at radius 3 is 1.96 bits per heavy atom. The van der Waals surface area contributed by atoms with Crippen molar-refractivity contribution in [2.24, 2.45) is 0 Å². The highest BCUT2D eigenvalue weighted by Crippen LogP contribution is 2.25. The van der Waals surface area contributed by atoms with Crippen LogP contribution in [0.15, 0.2) is 73.3 Å². The van der Waals surface area contributed by atoms with Crippen LogP contribution in [0.3, 0.4) is 0 Å². The predicted octanol–water partition coefficient (Wildman–Crippen LogP) is 3.74. The van der Waals surface area contributed by atoms with E-state index in [0.29, 0.717) is 12.8 Å². The molecule has 25 heavy (non-hydrogen) atoms. The van der Waals surface area contributed by atoms with E-state index in [4.69, 9.17) is 0 Å². The fourth-order valence-corrected chi connectivity index (χ4v) is 2.76. The summed E-state index contributed by atoms with van der Waals surface area (Å²) >= 11 is 0. The quantitative estimate of drug-likeness (QED) is 0.541. The number of benzene rings is 2. The molecule has 0 aliphatic carbocycles. The predicted molar refractivity (Wildman–Crippen MR) is 98.3 cm³/mol. The van der Waals surface area contributed by atoms with Gasteiger partial charge in [-0.1, -0.05) is 66.7 Å². The van der Waals surface area contributed by atoms with Gasteiger partial charge in [0.25, 0.3) is 0 Å². The fourth-order valence-electron chi connectivity index (χ4n) is 2.76. The highest BCUT2D eigenvalue weighted by atomic mass is 16.4. The van der Waals surface area contributed by atoms with Gasteiger partial charge in [0.1, 0.15) is 6.04 Å². The lowest BCUT2D eigenvalue weighted by molar-refractivity contribution is -0.142. The normalized spacial score (nSPS) is 11.7.